The maximum Gasteiger partial charge on any atom is 0.120 e. The van der Waals surface area contributed by atoms with Gasteiger partial charge < -0.3 is 14.6 Å². The van der Waals surface area contributed by atoms with Crippen LogP contribution < -0.4 is 4.74 Å². The van der Waals surface area contributed by atoms with Crippen LogP contribution >= 0.6 is 0 Å². The Kier molecular flexibility index (Phi) is 3.04. The average molecular weight is 234 g/mol. The Hall–Kier alpha value is -1.06. The number of ether oxygens (including phenoxy) is 2. The number of aryl methyl sites for hydroxylation is 1. The molecule has 0 radical (unpaired) electrons. The summed E-state index contributed by atoms with van der Waals surface area (Å²) in [5, 5.41) is 9.74. The highest BCUT2D eigenvalue weighted by Crippen LogP contribution is 2.33. The molecule has 1 N–H and O–H groups in total. The van der Waals surface area contributed by atoms with Crippen molar-refractivity contribution >= 4 is 0 Å². The van der Waals surface area contributed by atoms with E-state index in [2.05, 4.69) is 6.07 Å². The topological polar surface area (TPSA) is 38.7 Å². The molecule has 1 aromatic rings. The predicted octanol–water partition coefficient (Wildman–Crippen LogP) is 2.22. The second-order valence-corrected chi connectivity index (χ2v) is 4.84. The third-order valence-corrected chi connectivity index (χ3v) is 3.63. The summed E-state index contributed by atoms with van der Waals surface area (Å²) >= 11 is 0. The zero-order valence-corrected chi connectivity index (χ0v) is 9.89. The molecule has 3 heteroatoms. The molecule has 0 unspecified atom stereocenters. The van der Waals surface area contributed by atoms with E-state index in [0.717, 1.165) is 50.2 Å². The largest absolute Gasteiger partial charge is 0.490 e. The van der Waals surface area contributed by atoms with Gasteiger partial charge in [0, 0.05) is 12.8 Å². The van der Waals surface area contributed by atoms with Crippen LogP contribution in [-0.4, -0.2) is 24.4 Å². The smallest absolute Gasteiger partial charge is 0.120 e. The fraction of sp³-hybridized carbons (Fsp3) is 0.571. The minimum Gasteiger partial charge on any atom is -0.490 e. The Balaban J connectivity index is 1.71. The Bertz CT molecular complexity index is 396. The van der Waals surface area contributed by atoms with Crippen LogP contribution in [-0.2, 0) is 11.2 Å². The normalized spacial score (nSPS) is 24.6. The number of fused-ring (bicyclic) bond motifs is 1. The number of aliphatic hydroxyl groups excluding tert-OH is 1. The van der Waals surface area contributed by atoms with E-state index in [1.807, 2.05) is 12.1 Å². The highest BCUT2D eigenvalue weighted by atomic mass is 16.5. The molecular weight excluding hydrogens is 216 g/mol. The molecule has 0 spiro atoms. The molecule has 1 aromatic carbocycles. The molecule has 0 bridgehead atoms. The summed E-state index contributed by atoms with van der Waals surface area (Å²) in [6, 6.07) is 6.06. The van der Waals surface area contributed by atoms with Gasteiger partial charge in [0.05, 0.1) is 19.3 Å². The lowest BCUT2D eigenvalue weighted by Crippen LogP contribution is -2.25. The fourth-order valence-electron chi connectivity index (χ4n) is 2.63. The molecule has 1 fully saturated rings. The van der Waals surface area contributed by atoms with Crippen molar-refractivity contribution in [2.24, 2.45) is 0 Å². The third-order valence-electron chi connectivity index (χ3n) is 3.63. The van der Waals surface area contributed by atoms with Gasteiger partial charge in [-0.2, -0.15) is 0 Å². The Morgan fingerprint density at radius 2 is 2.00 bits per heavy atom. The molecule has 0 aromatic heterocycles. The minimum atomic E-state index is -0.276. The van der Waals surface area contributed by atoms with Crippen LogP contribution in [0.3, 0.4) is 0 Å². The van der Waals surface area contributed by atoms with Crippen molar-refractivity contribution in [1.29, 1.82) is 0 Å². The van der Waals surface area contributed by atoms with Gasteiger partial charge in [0.15, 0.2) is 0 Å². The molecule has 1 atom stereocenters. The number of aliphatic hydroxyl groups is 1. The van der Waals surface area contributed by atoms with Crippen LogP contribution in [0.4, 0.5) is 0 Å². The Morgan fingerprint density at radius 1 is 1.18 bits per heavy atom. The van der Waals surface area contributed by atoms with Gasteiger partial charge in [-0.05, 0) is 36.1 Å². The summed E-state index contributed by atoms with van der Waals surface area (Å²) < 4.78 is 11.3. The van der Waals surface area contributed by atoms with Gasteiger partial charge in [0.2, 0.25) is 0 Å². The first-order valence-corrected chi connectivity index (χ1v) is 6.38. The molecule has 0 amide bonds. The molecule has 2 aliphatic rings. The minimum absolute atomic E-state index is 0.276. The summed E-state index contributed by atoms with van der Waals surface area (Å²) in [4.78, 5) is 0. The maximum atomic E-state index is 9.74. The van der Waals surface area contributed by atoms with Crippen LogP contribution in [0.2, 0.25) is 0 Å². The first-order chi connectivity index (χ1) is 8.33. The zero-order valence-electron chi connectivity index (χ0n) is 9.89. The first-order valence-electron chi connectivity index (χ1n) is 6.38. The summed E-state index contributed by atoms with van der Waals surface area (Å²) in [5.41, 5.74) is 2.31. The van der Waals surface area contributed by atoms with Crippen molar-refractivity contribution in [2.75, 3.05) is 13.2 Å². The molecule has 17 heavy (non-hydrogen) atoms. The van der Waals surface area contributed by atoms with Gasteiger partial charge in [0.25, 0.3) is 0 Å². The van der Waals surface area contributed by atoms with Crippen molar-refractivity contribution in [3.8, 4) is 5.75 Å². The number of benzene rings is 1. The van der Waals surface area contributed by atoms with Gasteiger partial charge in [-0.3, -0.25) is 0 Å². The van der Waals surface area contributed by atoms with Crippen molar-refractivity contribution in [3.63, 3.8) is 0 Å². The van der Waals surface area contributed by atoms with Gasteiger partial charge in [-0.15, -0.1) is 0 Å². The SMILES string of the molecule is O[C@H]1CCc2cc(OC3CCOCC3)ccc21. The van der Waals surface area contributed by atoms with E-state index in [0.29, 0.717) is 0 Å². The number of hydrogen-bond acceptors (Lipinski definition) is 3. The monoisotopic (exact) mass is 234 g/mol. The average Bonchev–Trinajstić information content (AvgIpc) is 2.72. The molecular formula is C14H18O3. The number of hydrogen-bond donors (Lipinski definition) is 1. The zero-order chi connectivity index (χ0) is 11.7. The lowest BCUT2D eigenvalue weighted by Gasteiger charge is -2.23. The molecule has 1 aliphatic carbocycles. The Labute approximate surface area is 101 Å². The molecule has 3 rings (SSSR count). The lowest BCUT2D eigenvalue weighted by molar-refractivity contribution is 0.0255. The molecule has 0 saturated carbocycles. The van der Waals surface area contributed by atoms with Crippen LogP contribution in [0.25, 0.3) is 0 Å². The standard InChI is InChI=1S/C14H18O3/c15-14-4-1-10-9-12(2-3-13(10)14)17-11-5-7-16-8-6-11/h2-3,9,11,14-15H,1,4-8H2/t14-/m0/s1. The first kappa shape index (κ1) is 11.1. The second kappa shape index (κ2) is 4.67. The molecule has 1 saturated heterocycles. The van der Waals surface area contributed by atoms with E-state index < -0.39 is 0 Å². The van der Waals surface area contributed by atoms with Gasteiger partial charge in [0.1, 0.15) is 11.9 Å². The highest BCUT2D eigenvalue weighted by Gasteiger charge is 2.21. The molecule has 1 heterocycles. The third kappa shape index (κ3) is 2.31. The summed E-state index contributed by atoms with van der Waals surface area (Å²) in [6.45, 7) is 1.60. The van der Waals surface area contributed by atoms with Gasteiger partial charge >= 0.3 is 0 Å². The highest BCUT2D eigenvalue weighted by molar-refractivity contribution is 5.39. The van der Waals surface area contributed by atoms with E-state index in [-0.39, 0.29) is 12.2 Å². The second-order valence-electron chi connectivity index (χ2n) is 4.84. The van der Waals surface area contributed by atoms with Gasteiger partial charge in [-0.1, -0.05) is 6.07 Å². The lowest BCUT2D eigenvalue weighted by atomic mass is 10.1. The van der Waals surface area contributed by atoms with Crippen LogP contribution in [0.1, 0.15) is 36.5 Å². The summed E-state index contributed by atoms with van der Waals surface area (Å²) in [6.07, 6.45) is 3.76. The van der Waals surface area contributed by atoms with Crippen molar-refractivity contribution < 1.29 is 14.6 Å². The van der Waals surface area contributed by atoms with E-state index in [9.17, 15) is 5.11 Å². The van der Waals surface area contributed by atoms with Crippen molar-refractivity contribution in [2.45, 2.75) is 37.9 Å². The van der Waals surface area contributed by atoms with Crippen LogP contribution in [0, 0.1) is 0 Å². The molecule has 1 aliphatic heterocycles. The van der Waals surface area contributed by atoms with Crippen LogP contribution in [0.15, 0.2) is 18.2 Å². The fourth-order valence-corrected chi connectivity index (χ4v) is 2.63. The Morgan fingerprint density at radius 3 is 2.82 bits per heavy atom. The number of rotatable bonds is 2. The predicted molar refractivity (Wildman–Crippen MR) is 64.2 cm³/mol. The van der Waals surface area contributed by atoms with E-state index >= 15 is 0 Å². The van der Waals surface area contributed by atoms with E-state index in [1.54, 1.807) is 0 Å². The quantitative estimate of drug-likeness (QED) is 0.852. The van der Waals surface area contributed by atoms with E-state index in [1.165, 1.54) is 5.56 Å². The summed E-state index contributed by atoms with van der Waals surface area (Å²) in [5.74, 6) is 0.935. The van der Waals surface area contributed by atoms with E-state index in [4.69, 9.17) is 9.47 Å². The van der Waals surface area contributed by atoms with Crippen molar-refractivity contribution in [3.05, 3.63) is 29.3 Å². The molecule has 3 nitrogen and oxygen atoms in total. The van der Waals surface area contributed by atoms with Crippen LogP contribution in [0.5, 0.6) is 5.75 Å². The molecule has 92 valence electrons. The maximum absolute atomic E-state index is 9.74. The van der Waals surface area contributed by atoms with Crippen molar-refractivity contribution in [1.82, 2.24) is 0 Å². The van der Waals surface area contributed by atoms with Gasteiger partial charge in [-0.25, -0.2) is 0 Å². The summed E-state index contributed by atoms with van der Waals surface area (Å²) in [7, 11) is 0.